The fourth-order valence-electron chi connectivity index (χ4n) is 3.83. The van der Waals surface area contributed by atoms with Crippen LogP contribution in [-0.4, -0.2) is 48.2 Å². The normalized spacial score (nSPS) is 13.3. The molecule has 1 N–H and O–H groups in total. The van der Waals surface area contributed by atoms with Gasteiger partial charge < -0.3 is 10.0 Å². The maximum atomic E-state index is 13.1. The van der Waals surface area contributed by atoms with Crippen LogP contribution in [0.3, 0.4) is 0 Å². The van der Waals surface area contributed by atoms with E-state index in [1.165, 1.54) is 0 Å². The number of carbonyl (C=O) groups is 2. The minimum absolute atomic E-state index is 0.0178. The van der Waals surface area contributed by atoms with Crippen LogP contribution in [0.5, 0.6) is 0 Å². The zero-order valence-electron chi connectivity index (χ0n) is 15.9. The third kappa shape index (κ3) is 2.98. The predicted molar refractivity (Wildman–Crippen MR) is 109 cm³/mol. The highest BCUT2D eigenvalue weighted by atomic mass is 16.4. The Balaban J connectivity index is 1.50. The van der Waals surface area contributed by atoms with E-state index in [4.69, 9.17) is 0 Å². The highest BCUT2D eigenvalue weighted by Gasteiger charge is 2.31. The Kier molecular flexibility index (Phi) is 4.24. The molecule has 0 bridgehead atoms. The molecular formula is C22H17N5O3. The zero-order valence-corrected chi connectivity index (χ0v) is 15.9. The number of hydrogen-bond donors (Lipinski definition) is 1. The molecule has 148 valence electrons. The van der Waals surface area contributed by atoms with Gasteiger partial charge in [0.05, 0.1) is 29.0 Å². The van der Waals surface area contributed by atoms with Crippen molar-refractivity contribution in [3.63, 3.8) is 0 Å². The monoisotopic (exact) mass is 399 g/mol. The van der Waals surface area contributed by atoms with Gasteiger partial charge in [-0.15, -0.1) is 0 Å². The van der Waals surface area contributed by atoms with Gasteiger partial charge in [0.1, 0.15) is 0 Å². The number of nitrogens with zero attached hydrogens (tertiary/aromatic N) is 5. The van der Waals surface area contributed by atoms with Gasteiger partial charge in [-0.2, -0.15) is 5.10 Å². The molecule has 1 amide bonds. The van der Waals surface area contributed by atoms with E-state index in [0.29, 0.717) is 35.1 Å². The van der Waals surface area contributed by atoms with Crippen molar-refractivity contribution in [3.8, 4) is 5.69 Å². The first-order chi connectivity index (χ1) is 14.6. The molecule has 2 aromatic carbocycles. The second-order valence-electron chi connectivity index (χ2n) is 7.06. The number of benzene rings is 2. The summed E-state index contributed by atoms with van der Waals surface area (Å²) >= 11 is 0. The summed E-state index contributed by atoms with van der Waals surface area (Å²) < 4.78 is 1.67. The fraction of sp³-hybridized carbons (Fsp3) is 0.136. The van der Waals surface area contributed by atoms with Gasteiger partial charge in [-0.1, -0.05) is 18.2 Å². The van der Waals surface area contributed by atoms with Gasteiger partial charge >= 0.3 is 5.97 Å². The van der Waals surface area contributed by atoms with E-state index in [1.807, 2.05) is 30.3 Å². The van der Waals surface area contributed by atoms with Gasteiger partial charge in [-0.3, -0.25) is 14.8 Å². The van der Waals surface area contributed by atoms with E-state index < -0.39 is 5.97 Å². The molecular weight excluding hydrogens is 382 g/mol. The van der Waals surface area contributed by atoms with Crippen molar-refractivity contribution in [2.75, 3.05) is 6.54 Å². The van der Waals surface area contributed by atoms with E-state index in [-0.39, 0.29) is 18.1 Å². The number of hydrogen-bond acceptors (Lipinski definition) is 5. The van der Waals surface area contributed by atoms with Crippen molar-refractivity contribution in [1.29, 1.82) is 0 Å². The quantitative estimate of drug-likeness (QED) is 0.568. The van der Waals surface area contributed by atoms with Gasteiger partial charge in [0, 0.05) is 36.5 Å². The predicted octanol–water partition coefficient (Wildman–Crippen LogP) is 2.71. The number of carboxylic acids is 1. The van der Waals surface area contributed by atoms with Crippen LogP contribution in [0.1, 0.15) is 32.1 Å². The van der Waals surface area contributed by atoms with E-state index in [2.05, 4.69) is 15.1 Å². The molecule has 0 unspecified atom stereocenters. The number of para-hydroxylation sites is 1. The molecule has 0 saturated heterocycles. The molecule has 1 aliphatic rings. The molecule has 3 heterocycles. The zero-order chi connectivity index (χ0) is 20.7. The Bertz CT molecular complexity index is 1280. The van der Waals surface area contributed by atoms with E-state index in [0.717, 1.165) is 11.4 Å². The van der Waals surface area contributed by atoms with Crippen molar-refractivity contribution in [3.05, 3.63) is 83.4 Å². The van der Waals surface area contributed by atoms with Gasteiger partial charge in [0.15, 0.2) is 5.69 Å². The molecule has 30 heavy (non-hydrogen) atoms. The number of rotatable bonds is 3. The lowest BCUT2D eigenvalue weighted by molar-refractivity contribution is 0.0674. The summed E-state index contributed by atoms with van der Waals surface area (Å²) in [5, 5.41) is 14.0. The SMILES string of the molecule is O=C(O)c1nn(-c2ccccc2)c2c1CN(C(=O)c1ccc3nccnc3c1)CC2. The molecule has 8 heteroatoms. The topological polar surface area (TPSA) is 101 Å². The average molecular weight is 399 g/mol. The molecule has 0 fully saturated rings. The first-order valence-electron chi connectivity index (χ1n) is 9.51. The molecule has 0 spiro atoms. The van der Waals surface area contributed by atoms with E-state index >= 15 is 0 Å². The van der Waals surface area contributed by atoms with Crippen LogP contribution in [-0.2, 0) is 13.0 Å². The van der Waals surface area contributed by atoms with Crippen molar-refractivity contribution in [2.45, 2.75) is 13.0 Å². The molecule has 0 radical (unpaired) electrons. The van der Waals surface area contributed by atoms with Crippen LogP contribution < -0.4 is 0 Å². The highest BCUT2D eigenvalue weighted by molar-refractivity contribution is 5.97. The lowest BCUT2D eigenvalue weighted by atomic mass is 10.0. The number of aromatic nitrogens is 4. The second-order valence-corrected chi connectivity index (χ2v) is 7.06. The van der Waals surface area contributed by atoms with Crippen molar-refractivity contribution < 1.29 is 14.7 Å². The van der Waals surface area contributed by atoms with E-state index in [9.17, 15) is 14.7 Å². The Hall–Kier alpha value is -4.07. The summed E-state index contributed by atoms with van der Waals surface area (Å²) in [6.07, 6.45) is 3.71. The number of aromatic carboxylic acids is 1. The molecule has 4 aromatic rings. The van der Waals surface area contributed by atoms with Gasteiger partial charge in [-0.05, 0) is 30.3 Å². The maximum absolute atomic E-state index is 13.1. The Labute approximate surface area is 171 Å². The summed E-state index contributed by atoms with van der Waals surface area (Å²) in [5.74, 6) is -1.27. The summed E-state index contributed by atoms with van der Waals surface area (Å²) in [5.41, 5.74) is 4.04. The van der Waals surface area contributed by atoms with Crippen molar-refractivity contribution >= 4 is 22.9 Å². The summed E-state index contributed by atoms with van der Waals surface area (Å²) in [6.45, 7) is 0.670. The van der Waals surface area contributed by atoms with Gasteiger partial charge in [0.2, 0.25) is 0 Å². The molecule has 5 rings (SSSR count). The number of carbonyl (C=O) groups excluding carboxylic acids is 1. The van der Waals surface area contributed by atoms with Crippen LogP contribution >= 0.6 is 0 Å². The molecule has 0 atom stereocenters. The van der Waals surface area contributed by atoms with Crippen LogP contribution in [0, 0.1) is 0 Å². The van der Waals surface area contributed by atoms with E-state index in [1.54, 1.807) is 40.2 Å². The lowest BCUT2D eigenvalue weighted by Gasteiger charge is -2.28. The van der Waals surface area contributed by atoms with Crippen LogP contribution in [0.15, 0.2) is 60.9 Å². The lowest BCUT2D eigenvalue weighted by Crippen LogP contribution is -2.36. The first kappa shape index (κ1) is 18.0. The maximum Gasteiger partial charge on any atom is 0.356 e. The number of carboxylic acid groups (broad SMARTS) is 1. The van der Waals surface area contributed by atoms with Crippen LogP contribution in [0.4, 0.5) is 0 Å². The molecule has 0 aliphatic carbocycles. The standard InChI is InChI=1S/C22H17N5O3/c28-21(14-6-7-17-18(12-14)24-10-9-23-17)26-11-8-19-16(13-26)20(22(29)30)25-27(19)15-4-2-1-3-5-15/h1-7,9-10,12H,8,11,13H2,(H,29,30). The summed E-state index contributed by atoms with van der Waals surface area (Å²) in [7, 11) is 0. The third-order valence-corrected chi connectivity index (χ3v) is 5.26. The number of amides is 1. The summed E-state index contributed by atoms with van der Waals surface area (Å²) in [6, 6.07) is 14.6. The van der Waals surface area contributed by atoms with Crippen LogP contribution in [0.25, 0.3) is 16.7 Å². The van der Waals surface area contributed by atoms with Crippen molar-refractivity contribution in [2.24, 2.45) is 0 Å². The minimum Gasteiger partial charge on any atom is -0.476 e. The van der Waals surface area contributed by atoms with Crippen molar-refractivity contribution in [1.82, 2.24) is 24.6 Å². The third-order valence-electron chi connectivity index (χ3n) is 5.26. The molecule has 2 aromatic heterocycles. The van der Waals surface area contributed by atoms with Gasteiger partial charge in [-0.25, -0.2) is 9.48 Å². The molecule has 0 saturated carbocycles. The fourth-order valence-corrected chi connectivity index (χ4v) is 3.83. The van der Waals surface area contributed by atoms with Crippen LogP contribution in [0.2, 0.25) is 0 Å². The average Bonchev–Trinajstić information content (AvgIpc) is 3.18. The minimum atomic E-state index is -1.10. The molecule has 1 aliphatic heterocycles. The molecule has 8 nitrogen and oxygen atoms in total. The largest absolute Gasteiger partial charge is 0.476 e. The van der Waals surface area contributed by atoms with Gasteiger partial charge in [0.25, 0.3) is 5.91 Å². The number of fused-ring (bicyclic) bond motifs is 2. The smallest absolute Gasteiger partial charge is 0.356 e. The Morgan fingerprint density at radius 2 is 1.73 bits per heavy atom. The summed E-state index contributed by atoms with van der Waals surface area (Å²) in [4.78, 5) is 35.1. The Morgan fingerprint density at radius 3 is 2.50 bits per heavy atom. The Morgan fingerprint density at radius 1 is 0.967 bits per heavy atom. The first-order valence-corrected chi connectivity index (χ1v) is 9.51. The second kappa shape index (κ2) is 7.07. The highest BCUT2D eigenvalue weighted by Crippen LogP contribution is 2.27.